The lowest BCUT2D eigenvalue weighted by molar-refractivity contribution is -0.141. The molecule has 376 valence electrons. The van der Waals surface area contributed by atoms with Gasteiger partial charge in [-0.1, -0.05) is 12.1 Å². The second-order valence-corrected chi connectivity index (χ2v) is 20.6. The monoisotopic (exact) mass is 1010 g/mol. The van der Waals surface area contributed by atoms with Gasteiger partial charge in [-0.05, 0) is 87.6 Å². The van der Waals surface area contributed by atoms with Crippen LogP contribution in [0, 0.1) is 13.8 Å². The van der Waals surface area contributed by atoms with E-state index in [0.29, 0.717) is 19.4 Å². The zero-order valence-corrected chi connectivity index (χ0v) is 42.3. The van der Waals surface area contributed by atoms with Gasteiger partial charge in [-0.25, -0.2) is 9.98 Å². The van der Waals surface area contributed by atoms with E-state index >= 15 is 0 Å². The summed E-state index contributed by atoms with van der Waals surface area (Å²) >= 11 is 3.51. The van der Waals surface area contributed by atoms with Crippen LogP contribution in [0.4, 0.5) is 32.8 Å². The van der Waals surface area contributed by atoms with Gasteiger partial charge in [-0.2, -0.15) is 0 Å². The second kappa shape index (κ2) is 22.9. The molecule has 0 bridgehead atoms. The summed E-state index contributed by atoms with van der Waals surface area (Å²) in [5, 5.41) is 14.3. The van der Waals surface area contributed by atoms with E-state index in [4.69, 9.17) is 15.7 Å². The van der Waals surface area contributed by atoms with E-state index in [0.717, 1.165) is 113 Å². The van der Waals surface area contributed by atoms with Crippen LogP contribution in [0.25, 0.3) is 0 Å². The summed E-state index contributed by atoms with van der Waals surface area (Å²) in [6.07, 6.45) is 5.79. The Bertz CT molecular complexity index is 2870. The van der Waals surface area contributed by atoms with E-state index in [2.05, 4.69) is 99.1 Å². The molecule has 21 heteroatoms. The second-order valence-electron chi connectivity index (χ2n) is 18.1. The lowest BCUT2D eigenvalue weighted by Gasteiger charge is -2.34. The van der Waals surface area contributed by atoms with Gasteiger partial charge in [0.1, 0.15) is 28.2 Å². The van der Waals surface area contributed by atoms with Gasteiger partial charge < -0.3 is 41.3 Å². The lowest BCUT2D eigenvalue weighted by Crippen LogP contribution is -2.47. The van der Waals surface area contributed by atoms with Crippen LogP contribution in [-0.4, -0.2) is 150 Å². The van der Waals surface area contributed by atoms with Crippen molar-refractivity contribution in [2.45, 2.75) is 46.2 Å². The molecule has 11 rings (SSSR count). The molecule has 4 aromatic rings. The maximum atomic E-state index is 12.3. The van der Waals surface area contributed by atoms with Gasteiger partial charge in [0.05, 0.1) is 40.3 Å². The van der Waals surface area contributed by atoms with Crippen molar-refractivity contribution in [2.24, 2.45) is 15.7 Å². The number of benzene rings is 2. The fourth-order valence-corrected chi connectivity index (χ4v) is 10.3. The standard InChI is InChI=1S/C24H26N6O3S.C18H23N5S.C5H4O2.C4H5NO2/c1-15-11-17-23(29-9-7-28(2)8-10-29)26-19-12-16(3-4-18(19)27-24(17)34-15)13-25-20(31)14-30-21(32)5-6-22(30)33;1-12-9-14-17(23-7-5-22(2)6-8-23)20-16-10-13(11-19)3-4-15(16)21-18(14)24-12;6-4-1-2-5(7)3-4;6-3-1-2-4(7)5-3/h3-6,11-12,27H,7-10,13-14H2,1-2H3,(H,25,31);3-4,9-10,21H,5-8,11,19H2,1-2H3;1-2H,3H2;1-2H2,(H,5,6,7). The Labute approximate surface area is 425 Å². The highest BCUT2D eigenvalue weighted by molar-refractivity contribution is 7.17. The number of imide groups is 2. The molecule has 0 spiro atoms. The first-order valence-corrected chi connectivity index (χ1v) is 25.3. The molecule has 2 aromatic heterocycles. The van der Waals surface area contributed by atoms with E-state index in [-0.39, 0.29) is 42.9 Å². The van der Waals surface area contributed by atoms with Crippen LogP contribution >= 0.6 is 22.7 Å². The summed E-state index contributed by atoms with van der Waals surface area (Å²) in [5.74, 6) is 0.276. The quantitative estimate of drug-likeness (QED) is 0.138. The average Bonchev–Trinajstić information content (AvgIpc) is 4.16. The molecule has 3 saturated heterocycles. The van der Waals surface area contributed by atoms with Crippen molar-refractivity contribution in [1.29, 1.82) is 0 Å². The number of ketones is 2. The van der Waals surface area contributed by atoms with Crippen LogP contribution in [0.3, 0.4) is 0 Å². The number of carbonyl (C=O) groups excluding carboxylic acids is 7. The van der Waals surface area contributed by atoms with Gasteiger partial charge in [-0.3, -0.25) is 43.8 Å². The zero-order valence-electron chi connectivity index (χ0n) is 40.7. The van der Waals surface area contributed by atoms with E-state index in [1.54, 1.807) is 22.7 Å². The first-order valence-electron chi connectivity index (χ1n) is 23.7. The molecule has 0 atom stereocenters. The summed E-state index contributed by atoms with van der Waals surface area (Å²) < 4.78 is 0. The SMILES string of the molecule is Cc1cc2c(s1)Nc1ccc(CN)cc1N=C2N1CCN(C)CC1.Cc1cc2c(s1)Nc1ccc(CNC(=O)CN3C(=O)C=CC3=O)cc1N=C2N1CCN(C)CC1.O=C1C=CC(=O)C1.O=C1CCC(=O)N1. The molecule has 0 unspecified atom stereocenters. The molecule has 7 aliphatic rings. The zero-order chi connectivity index (χ0) is 51.1. The molecular weight excluding hydrogens is 957 g/mol. The third kappa shape index (κ3) is 12.8. The van der Waals surface area contributed by atoms with Crippen LogP contribution in [0.5, 0.6) is 0 Å². The number of nitrogens with zero attached hydrogens (tertiary/aromatic N) is 7. The minimum atomic E-state index is -0.468. The Hall–Kier alpha value is -7.17. The van der Waals surface area contributed by atoms with E-state index in [1.165, 1.54) is 44.6 Å². The van der Waals surface area contributed by atoms with Crippen molar-refractivity contribution in [1.82, 2.24) is 35.1 Å². The molecule has 0 saturated carbocycles. The number of aryl methyl sites for hydroxylation is 2. The number of carbonyl (C=O) groups is 7. The van der Waals surface area contributed by atoms with Crippen molar-refractivity contribution in [3.05, 3.63) is 105 Å². The van der Waals surface area contributed by atoms with Crippen molar-refractivity contribution < 1.29 is 33.6 Å². The highest BCUT2D eigenvalue weighted by atomic mass is 32.1. The summed E-state index contributed by atoms with van der Waals surface area (Å²) in [5.41, 5.74) is 13.9. The fourth-order valence-electron chi connectivity index (χ4n) is 8.42. The Kier molecular flexibility index (Phi) is 16.3. The molecule has 3 fully saturated rings. The third-order valence-corrected chi connectivity index (χ3v) is 14.4. The normalized spacial score (nSPS) is 18.0. The van der Waals surface area contributed by atoms with E-state index in [9.17, 15) is 33.6 Å². The first-order chi connectivity index (χ1) is 34.6. The summed E-state index contributed by atoms with van der Waals surface area (Å²) in [6.45, 7) is 12.7. The highest BCUT2D eigenvalue weighted by Crippen LogP contribution is 2.41. The average molecular weight is 1020 g/mol. The van der Waals surface area contributed by atoms with Crippen molar-refractivity contribution in [3.63, 3.8) is 0 Å². The summed E-state index contributed by atoms with van der Waals surface area (Å²) in [4.78, 5) is 99.2. The molecule has 1 aliphatic carbocycles. The van der Waals surface area contributed by atoms with Gasteiger partial charge in [-0.15, -0.1) is 22.7 Å². The number of hydrogen-bond acceptors (Lipinski definition) is 18. The van der Waals surface area contributed by atoms with Crippen LogP contribution in [0.15, 0.2) is 82.8 Å². The summed E-state index contributed by atoms with van der Waals surface area (Å²) in [7, 11) is 4.31. The van der Waals surface area contributed by atoms with Gasteiger partial charge >= 0.3 is 0 Å². The number of piperazine rings is 2. The largest absolute Gasteiger partial charge is 0.353 e. The first kappa shape index (κ1) is 51.2. The molecule has 6 N–H and O–H groups in total. The maximum absolute atomic E-state index is 12.3. The van der Waals surface area contributed by atoms with Gasteiger partial charge in [0, 0.05) is 100 Å². The highest BCUT2D eigenvalue weighted by Gasteiger charge is 2.29. The third-order valence-electron chi connectivity index (χ3n) is 12.5. The fraction of sp³-hybridized carbons (Fsp3) is 0.353. The number of thiophene rings is 2. The molecule has 2 aromatic carbocycles. The van der Waals surface area contributed by atoms with Gasteiger partial charge in [0.2, 0.25) is 17.7 Å². The van der Waals surface area contributed by atoms with E-state index < -0.39 is 17.7 Å². The van der Waals surface area contributed by atoms with Crippen molar-refractivity contribution in [2.75, 3.05) is 83.6 Å². The maximum Gasteiger partial charge on any atom is 0.254 e. The number of nitrogens with one attached hydrogen (secondary N) is 4. The Balaban J connectivity index is 0.000000156. The minimum Gasteiger partial charge on any atom is -0.353 e. The number of amides is 5. The topological polar surface area (TPSA) is 235 Å². The number of fused-ring (bicyclic) bond motifs is 4. The molecule has 72 heavy (non-hydrogen) atoms. The molecule has 19 nitrogen and oxygen atoms in total. The molecular formula is C51H58N12O7S2. The minimum absolute atomic E-state index is 0.0787. The molecule has 8 heterocycles. The number of hydrogen-bond donors (Lipinski definition) is 5. The van der Waals surface area contributed by atoms with Crippen molar-refractivity contribution >= 4 is 108 Å². The number of nitrogens with two attached hydrogens (primary N) is 1. The predicted molar refractivity (Wildman–Crippen MR) is 280 cm³/mol. The van der Waals surface area contributed by atoms with Gasteiger partial charge in [0.25, 0.3) is 11.8 Å². The number of amidine groups is 2. The van der Waals surface area contributed by atoms with Crippen LogP contribution in [0.1, 0.15) is 51.3 Å². The lowest BCUT2D eigenvalue weighted by atomic mass is 10.1. The number of rotatable bonds is 5. The van der Waals surface area contributed by atoms with Crippen molar-refractivity contribution in [3.8, 4) is 0 Å². The Morgan fingerprint density at radius 2 is 1.08 bits per heavy atom. The Morgan fingerprint density at radius 3 is 1.50 bits per heavy atom. The Morgan fingerprint density at radius 1 is 0.625 bits per heavy atom. The van der Waals surface area contributed by atoms with Crippen LogP contribution in [0.2, 0.25) is 0 Å². The number of aliphatic imine (C=N–C) groups is 2. The number of anilines is 4. The number of likely N-dealkylation sites (N-methyl/N-ethyl adjacent to an activating group) is 2. The summed E-state index contributed by atoms with van der Waals surface area (Å²) in [6, 6.07) is 16.6. The smallest absolute Gasteiger partial charge is 0.254 e. The van der Waals surface area contributed by atoms with E-state index in [1.807, 2.05) is 18.2 Å². The van der Waals surface area contributed by atoms with Crippen LogP contribution in [-0.2, 0) is 46.7 Å². The molecule has 0 radical (unpaired) electrons. The molecule has 5 amide bonds. The predicted octanol–water partition coefficient (Wildman–Crippen LogP) is 4.39. The van der Waals surface area contributed by atoms with Gasteiger partial charge in [0.15, 0.2) is 11.6 Å². The number of allylic oxidation sites excluding steroid dienone is 2. The van der Waals surface area contributed by atoms with Crippen LogP contribution < -0.4 is 27.0 Å². The molecule has 6 aliphatic heterocycles.